The van der Waals surface area contributed by atoms with Gasteiger partial charge in [0.25, 0.3) is 5.82 Å². The molecule has 0 radical (unpaired) electrons. The third kappa shape index (κ3) is 3.21. The van der Waals surface area contributed by atoms with E-state index in [2.05, 4.69) is 59.6 Å². The summed E-state index contributed by atoms with van der Waals surface area (Å²) in [6.07, 6.45) is 6.01. The average molecular weight is 331 g/mol. The van der Waals surface area contributed by atoms with Crippen molar-refractivity contribution in [3.63, 3.8) is 0 Å². The third-order valence-electron chi connectivity index (χ3n) is 5.10. The summed E-state index contributed by atoms with van der Waals surface area (Å²) in [6.45, 7) is 2.05. The van der Waals surface area contributed by atoms with Crippen LogP contribution in [0, 0.1) is 0 Å². The smallest absolute Gasteiger partial charge is 0.257 e. The first-order valence-electron chi connectivity index (χ1n) is 9.06. The lowest BCUT2D eigenvalue weighted by molar-refractivity contribution is -0.695. The quantitative estimate of drug-likeness (QED) is 0.529. The summed E-state index contributed by atoms with van der Waals surface area (Å²) in [7, 11) is 3.85. The summed E-state index contributed by atoms with van der Waals surface area (Å²) >= 11 is 0. The fraction of sp³-hybridized carbons (Fsp3) is 0.286. The first-order valence-corrected chi connectivity index (χ1v) is 9.06. The maximum absolute atomic E-state index is 5.30. The van der Waals surface area contributed by atoms with E-state index in [0.29, 0.717) is 0 Å². The lowest BCUT2D eigenvalue weighted by atomic mass is 9.95. The molecule has 3 aromatic rings. The van der Waals surface area contributed by atoms with Crippen LogP contribution < -0.4 is 14.8 Å². The summed E-state index contributed by atoms with van der Waals surface area (Å²) in [6, 6.07) is 17.3. The van der Waals surface area contributed by atoms with Gasteiger partial charge in [0.05, 0.1) is 13.7 Å². The van der Waals surface area contributed by atoms with Gasteiger partial charge in [-0.25, -0.2) is 9.13 Å². The van der Waals surface area contributed by atoms with Crippen molar-refractivity contribution in [3.05, 3.63) is 66.1 Å². The topological polar surface area (TPSA) is 18.0 Å². The highest BCUT2D eigenvalue weighted by Gasteiger charge is 2.26. The molecule has 2 heterocycles. The van der Waals surface area contributed by atoms with E-state index < -0.39 is 0 Å². The highest BCUT2D eigenvalue weighted by molar-refractivity contribution is 6.32. The normalized spacial score (nSPS) is 13.5. The standard InChI is InChI=1S/C21H24BN2O/c1-25-19-11-7-17(8-12-19)20-15-23(21-4-2-3-13-24(20)21)14-16-5-9-18(22)10-6-16/h5-12,15H,2-4,13-14,22H2,1H3/q+1. The summed E-state index contributed by atoms with van der Waals surface area (Å²) in [4.78, 5) is 0. The number of hydrogen-bond donors (Lipinski definition) is 0. The molecule has 0 fully saturated rings. The Balaban J connectivity index is 1.72. The van der Waals surface area contributed by atoms with E-state index in [1.165, 1.54) is 40.9 Å². The maximum atomic E-state index is 5.30. The van der Waals surface area contributed by atoms with Crippen molar-refractivity contribution >= 4 is 13.3 Å². The second kappa shape index (κ2) is 6.79. The highest BCUT2D eigenvalue weighted by Crippen LogP contribution is 2.26. The molecular weight excluding hydrogens is 307 g/mol. The molecule has 0 unspecified atom stereocenters. The van der Waals surface area contributed by atoms with Crippen molar-refractivity contribution in [2.45, 2.75) is 32.4 Å². The van der Waals surface area contributed by atoms with Crippen molar-refractivity contribution in [2.75, 3.05) is 7.11 Å². The van der Waals surface area contributed by atoms with E-state index in [1.807, 2.05) is 12.1 Å². The SMILES string of the molecule is Bc1ccc(C[n+]2cc(-c3ccc(OC)cc3)n3c2CCCC3)cc1. The zero-order valence-corrected chi connectivity index (χ0v) is 15.0. The van der Waals surface area contributed by atoms with Gasteiger partial charge in [-0.2, -0.15) is 0 Å². The Bertz CT molecular complexity index is 866. The van der Waals surface area contributed by atoms with E-state index in [-0.39, 0.29) is 0 Å². The summed E-state index contributed by atoms with van der Waals surface area (Å²) < 4.78 is 10.2. The minimum Gasteiger partial charge on any atom is -0.497 e. The predicted molar refractivity (Wildman–Crippen MR) is 103 cm³/mol. The molecule has 25 heavy (non-hydrogen) atoms. The first kappa shape index (κ1) is 16.0. The van der Waals surface area contributed by atoms with E-state index in [9.17, 15) is 0 Å². The number of fused-ring (bicyclic) bond motifs is 1. The molecule has 0 spiro atoms. The van der Waals surface area contributed by atoms with Crippen LogP contribution in [0.15, 0.2) is 54.7 Å². The molecule has 0 N–H and O–H groups in total. The van der Waals surface area contributed by atoms with Crippen molar-refractivity contribution in [3.8, 4) is 17.0 Å². The van der Waals surface area contributed by atoms with Crippen LogP contribution in [-0.4, -0.2) is 19.5 Å². The largest absolute Gasteiger partial charge is 0.497 e. The lowest BCUT2D eigenvalue weighted by Crippen LogP contribution is -2.38. The molecular formula is C21H24BN2O+. The van der Waals surface area contributed by atoms with Crippen molar-refractivity contribution < 1.29 is 9.30 Å². The first-order chi connectivity index (χ1) is 12.2. The summed E-state index contributed by atoms with van der Waals surface area (Å²) in [5.74, 6) is 2.35. The molecule has 0 saturated heterocycles. The fourth-order valence-corrected chi connectivity index (χ4v) is 3.69. The van der Waals surface area contributed by atoms with Crippen LogP contribution >= 0.6 is 0 Å². The van der Waals surface area contributed by atoms with E-state index in [4.69, 9.17) is 4.74 Å². The van der Waals surface area contributed by atoms with Crippen LogP contribution in [-0.2, 0) is 19.5 Å². The summed E-state index contributed by atoms with van der Waals surface area (Å²) in [5, 5.41) is 0. The number of methoxy groups -OCH3 is 1. The van der Waals surface area contributed by atoms with Gasteiger partial charge in [0.1, 0.15) is 26.3 Å². The van der Waals surface area contributed by atoms with Crippen LogP contribution in [0.5, 0.6) is 5.75 Å². The molecule has 1 aliphatic rings. The molecule has 0 atom stereocenters. The Labute approximate surface area is 150 Å². The number of imidazole rings is 1. The van der Waals surface area contributed by atoms with Crippen molar-refractivity contribution in [2.24, 2.45) is 0 Å². The number of rotatable bonds is 4. The van der Waals surface area contributed by atoms with Gasteiger partial charge < -0.3 is 4.74 Å². The molecule has 0 aliphatic carbocycles. The minimum absolute atomic E-state index is 0.904. The number of nitrogens with zero attached hydrogens (tertiary/aromatic N) is 2. The molecule has 4 heteroatoms. The Morgan fingerprint density at radius 1 is 1.04 bits per heavy atom. The molecule has 1 aliphatic heterocycles. The number of hydrogen-bond acceptors (Lipinski definition) is 1. The average Bonchev–Trinajstić information content (AvgIpc) is 3.02. The van der Waals surface area contributed by atoms with Crippen LogP contribution in [0.3, 0.4) is 0 Å². The monoisotopic (exact) mass is 331 g/mol. The van der Waals surface area contributed by atoms with E-state index in [0.717, 1.165) is 25.3 Å². The molecule has 2 aromatic carbocycles. The molecule has 1 aromatic heterocycles. The Morgan fingerprint density at radius 2 is 1.80 bits per heavy atom. The van der Waals surface area contributed by atoms with Crippen LogP contribution in [0.2, 0.25) is 0 Å². The van der Waals surface area contributed by atoms with Gasteiger partial charge in [0.2, 0.25) is 0 Å². The van der Waals surface area contributed by atoms with Gasteiger partial charge in [-0.1, -0.05) is 29.7 Å². The number of benzene rings is 2. The predicted octanol–water partition coefficient (Wildman–Crippen LogP) is 2.09. The van der Waals surface area contributed by atoms with Gasteiger partial charge in [-0.15, -0.1) is 0 Å². The fourth-order valence-electron chi connectivity index (χ4n) is 3.69. The Morgan fingerprint density at radius 3 is 2.52 bits per heavy atom. The highest BCUT2D eigenvalue weighted by atomic mass is 16.5. The zero-order chi connectivity index (χ0) is 17.2. The molecule has 0 amide bonds. The van der Waals surface area contributed by atoms with Crippen LogP contribution in [0.1, 0.15) is 24.2 Å². The summed E-state index contributed by atoms with van der Waals surface area (Å²) in [5.41, 5.74) is 5.23. The van der Waals surface area contributed by atoms with E-state index >= 15 is 0 Å². The minimum atomic E-state index is 0.904. The van der Waals surface area contributed by atoms with Gasteiger partial charge in [0.15, 0.2) is 5.69 Å². The van der Waals surface area contributed by atoms with Crippen LogP contribution in [0.4, 0.5) is 0 Å². The molecule has 3 nitrogen and oxygen atoms in total. The molecule has 0 saturated carbocycles. The van der Waals surface area contributed by atoms with Crippen molar-refractivity contribution in [1.29, 1.82) is 0 Å². The molecule has 4 rings (SSSR count). The van der Waals surface area contributed by atoms with Gasteiger partial charge in [-0.05, 0) is 42.7 Å². The second-order valence-corrected chi connectivity index (χ2v) is 6.88. The Kier molecular flexibility index (Phi) is 4.35. The second-order valence-electron chi connectivity index (χ2n) is 6.88. The lowest BCUT2D eigenvalue weighted by Gasteiger charge is -2.11. The van der Waals surface area contributed by atoms with Crippen LogP contribution in [0.25, 0.3) is 11.3 Å². The van der Waals surface area contributed by atoms with E-state index in [1.54, 1.807) is 7.11 Å². The van der Waals surface area contributed by atoms with Gasteiger partial charge in [-0.3, -0.25) is 0 Å². The molecule has 126 valence electrons. The zero-order valence-electron chi connectivity index (χ0n) is 15.0. The molecule has 0 bridgehead atoms. The number of aromatic nitrogens is 2. The third-order valence-corrected chi connectivity index (χ3v) is 5.10. The number of ether oxygens (including phenoxy) is 1. The Hall–Kier alpha value is -2.49. The maximum Gasteiger partial charge on any atom is 0.257 e. The van der Waals surface area contributed by atoms with Crippen molar-refractivity contribution in [1.82, 2.24) is 4.57 Å². The van der Waals surface area contributed by atoms with Gasteiger partial charge >= 0.3 is 0 Å². The van der Waals surface area contributed by atoms with Gasteiger partial charge in [0, 0.05) is 12.0 Å².